The van der Waals surface area contributed by atoms with Crippen molar-refractivity contribution in [3.8, 4) is 11.5 Å². The van der Waals surface area contributed by atoms with Crippen molar-refractivity contribution in [3.05, 3.63) is 59.7 Å². The van der Waals surface area contributed by atoms with Gasteiger partial charge in [0.2, 0.25) is 0 Å². The van der Waals surface area contributed by atoms with Gasteiger partial charge in [-0.05, 0) is 30.7 Å². The number of hydrogen-bond donors (Lipinski definition) is 2. The largest absolute Gasteiger partial charge is 0.497 e. The normalized spacial score (nSPS) is 10.6. The number of nitrogens with zero attached hydrogens (tertiary/aromatic N) is 1. The molecule has 6 heteroatoms. The van der Waals surface area contributed by atoms with Gasteiger partial charge in [0.1, 0.15) is 11.5 Å². The maximum Gasteiger partial charge on any atom is 0.191 e. The van der Waals surface area contributed by atoms with Gasteiger partial charge in [-0.25, -0.2) is 0 Å². The summed E-state index contributed by atoms with van der Waals surface area (Å²) in [7, 11) is 3.43. The van der Waals surface area contributed by atoms with E-state index in [1.807, 2.05) is 55.5 Å². The van der Waals surface area contributed by atoms with Gasteiger partial charge in [0.25, 0.3) is 0 Å². The summed E-state index contributed by atoms with van der Waals surface area (Å²) in [5.41, 5.74) is 2.23. The number of aliphatic imine (C=N–C) groups is 1. The fourth-order valence-electron chi connectivity index (χ4n) is 2.31. The first-order valence-electron chi connectivity index (χ1n) is 8.05. The molecular formula is C19H26IN3O2. The summed E-state index contributed by atoms with van der Waals surface area (Å²) >= 11 is 0. The summed E-state index contributed by atoms with van der Waals surface area (Å²) in [5.74, 6) is 2.49. The minimum Gasteiger partial charge on any atom is -0.497 e. The SMILES string of the molecule is CCOc1ccccc1CNC(=NC)NCc1cccc(OC)c1.I. The molecule has 5 nitrogen and oxygen atoms in total. The molecule has 0 fully saturated rings. The molecule has 0 aromatic heterocycles. The maximum absolute atomic E-state index is 5.64. The zero-order valence-electron chi connectivity index (χ0n) is 14.9. The molecule has 0 saturated carbocycles. The number of methoxy groups -OCH3 is 1. The number of benzene rings is 2. The van der Waals surface area contributed by atoms with Crippen LogP contribution in [0.3, 0.4) is 0 Å². The van der Waals surface area contributed by atoms with Gasteiger partial charge in [0, 0.05) is 25.7 Å². The van der Waals surface area contributed by atoms with Crippen molar-refractivity contribution in [3.63, 3.8) is 0 Å². The third-order valence-corrected chi connectivity index (χ3v) is 3.54. The summed E-state index contributed by atoms with van der Waals surface area (Å²) in [6.45, 7) is 3.95. The van der Waals surface area contributed by atoms with Crippen molar-refractivity contribution in [2.75, 3.05) is 20.8 Å². The van der Waals surface area contributed by atoms with E-state index in [0.29, 0.717) is 19.7 Å². The number of hydrogen-bond acceptors (Lipinski definition) is 3. The maximum atomic E-state index is 5.64. The third kappa shape index (κ3) is 6.81. The third-order valence-electron chi connectivity index (χ3n) is 3.54. The second-order valence-corrected chi connectivity index (χ2v) is 5.17. The minimum absolute atomic E-state index is 0. The van der Waals surface area contributed by atoms with Crippen molar-refractivity contribution in [2.24, 2.45) is 4.99 Å². The van der Waals surface area contributed by atoms with Crippen LogP contribution in [0.5, 0.6) is 11.5 Å². The number of guanidine groups is 1. The van der Waals surface area contributed by atoms with Gasteiger partial charge >= 0.3 is 0 Å². The van der Waals surface area contributed by atoms with Crippen molar-refractivity contribution in [1.29, 1.82) is 0 Å². The van der Waals surface area contributed by atoms with E-state index in [1.165, 1.54) is 0 Å². The van der Waals surface area contributed by atoms with Gasteiger partial charge < -0.3 is 20.1 Å². The smallest absolute Gasteiger partial charge is 0.191 e. The molecule has 0 spiro atoms. The molecule has 2 aromatic carbocycles. The predicted octanol–water partition coefficient (Wildman–Crippen LogP) is 3.58. The number of para-hydroxylation sites is 1. The average Bonchev–Trinajstić information content (AvgIpc) is 2.63. The van der Waals surface area contributed by atoms with Gasteiger partial charge in [-0.1, -0.05) is 30.3 Å². The van der Waals surface area contributed by atoms with Crippen LogP contribution in [0.2, 0.25) is 0 Å². The standard InChI is InChI=1S/C19H25N3O2.HI/c1-4-24-18-11-6-5-9-16(18)14-22-19(20-2)21-13-15-8-7-10-17(12-15)23-3;/h5-12H,4,13-14H2,1-3H3,(H2,20,21,22);1H. The highest BCUT2D eigenvalue weighted by atomic mass is 127. The molecule has 0 radical (unpaired) electrons. The van der Waals surface area contributed by atoms with Crippen LogP contribution in [0.15, 0.2) is 53.5 Å². The fourth-order valence-corrected chi connectivity index (χ4v) is 2.31. The monoisotopic (exact) mass is 455 g/mol. The first-order valence-corrected chi connectivity index (χ1v) is 8.05. The summed E-state index contributed by atoms with van der Waals surface area (Å²) in [6, 6.07) is 16.0. The van der Waals surface area contributed by atoms with E-state index in [1.54, 1.807) is 14.2 Å². The summed E-state index contributed by atoms with van der Waals surface area (Å²) in [4.78, 5) is 4.26. The Hall–Kier alpha value is -1.96. The minimum atomic E-state index is 0. The van der Waals surface area contributed by atoms with Gasteiger partial charge in [0.15, 0.2) is 5.96 Å². The van der Waals surface area contributed by atoms with Crippen LogP contribution in [0.25, 0.3) is 0 Å². The second-order valence-electron chi connectivity index (χ2n) is 5.17. The average molecular weight is 455 g/mol. The molecule has 2 aromatic rings. The first kappa shape index (κ1) is 21.1. The molecule has 136 valence electrons. The lowest BCUT2D eigenvalue weighted by Gasteiger charge is -2.14. The summed E-state index contributed by atoms with van der Waals surface area (Å²) < 4.78 is 10.9. The molecule has 25 heavy (non-hydrogen) atoms. The quantitative estimate of drug-likeness (QED) is 0.381. The zero-order chi connectivity index (χ0) is 17.2. The summed E-state index contributed by atoms with van der Waals surface area (Å²) in [6.07, 6.45) is 0. The van der Waals surface area contributed by atoms with E-state index in [4.69, 9.17) is 9.47 Å². The molecule has 2 rings (SSSR count). The Balaban J connectivity index is 0.00000312. The highest BCUT2D eigenvalue weighted by Gasteiger charge is 2.04. The molecule has 0 unspecified atom stereocenters. The van der Waals surface area contributed by atoms with Crippen molar-refractivity contribution < 1.29 is 9.47 Å². The molecule has 0 aliphatic carbocycles. The summed E-state index contributed by atoms with van der Waals surface area (Å²) in [5, 5.41) is 6.61. The first-order chi connectivity index (χ1) is 11.8. The molecule has 0 amide bonds. The Morgan fingerprint density at radius 3 is 2.52 bits per heavy atom. The van der Waals surface area contributed by atoms with E-state index in [9.17, 15) is 0 Å². The van der Waals surface area contributed by atoms with E-state index < -0.39 is 0 Å². The Morgan fingerprint density at radius 2 is 1.80 bits per heavy atom. The molecule has 0 heterocycles. The van der Waals surface area contributed by atoms with E-state index in [-0.39, 0.29) is 24.0 Å². The van der Waals surface area contributed by atoms with Gasteiger partial charge in [-0.2, -0.15) is 0 Å². The zero-order valence-corrected chi connectivity index (χ0v) is 17.2. The lowest BCUT2D eigenvalue weighted by Crippen LogP contribution is -2.36. The molecule has 0 aliphatic heterocycles. The van der Waals surface area contributed by atoms with Gasteiger partial charge in [0.05, 0.1) is 13.7 Å². The highest BCUT2D eigenvalue weighted by Crippen LogP contribution is 2.17. The highest BCUT2D eigenvalue weighted by molar-refractivity contribution is 14.0. The molecular weight excluding hydrogens is 429 g/mol. The molecule has 2 N–H and O–H groups in total. The van der Waals surface area contributed by atoms with E-state index in [0.717, 1.165) is 28.6 Å². The van der Waals surface area contributed by atoms with Gasteiger partial charge in [-0.3, -0.25) is 4.99 Å². The van der Waals surface area contributed by atoms with Crippen LogP contribution in [-0.2, 0) is 13.1 Å². The molecule has 0 bridgehead atoms. The van der Waals surface area contributed by atoms with Crippen molar-refractivity contribution in [1.82, 2.24) is 10.6 Å². The van der Waals surface area contributed by atoms with E-state index in [2.05, 4.69) is 15.6 Å². The Bertz CT molecular complexity index is 677. The van der Waals surface area contributed by atoms with Crippen LogP contribution >= 0.6 is 24.0 Å². The van der Waals surface area contributed by atoms with Crippen molar-refractivity contribution >= 4 is 29.9 Å². The molecule has 0 saturated heterocycles. The van der Waals surface area contributed by atoms with Crippen LogP contribution in [0, 0.1) is 0 Å². The number of rotatable bonds is 7. The van der Waals surface area contributed by atoms with Gasteiger partial charge in [-0.15, -0.1) is 24.0 Å². The predicted molar refractivity (Wildman–Crippen MR) is 113 cm³/mol. The Morgan fingerprint density at radius 1 is 1.04 bits per heavy atom. The Labute approximate surface area is 166 Å². The lowest BCUT2D eigenvalue weighted by atomic mass is 10.2. The lowest BCUT2D eigenvalue weighted by molar-refractivity contribution is 0.336. The number of halogens is 1. The molecule has 0 atom stereocenters. The van der Waals surface area contributed by atoms with Crippen LogP contribution < -0.4 is 20.1 Å². The van der Waals surface area contributed by atoms with Crippen LogP contribution in [-0.4, -0.2) is 26.7 Å². The van der Waals surface area contributed by atoms with E-state index >= 15 is 0 Å². The topological polar surface area (TPSA) is 54.9 Å². The number of nitrogens with one attached hydrogen (secondary N) is 2. The second kappa shape index (κ2) is 11.6. The van der Waals surface area contributed by atoms with Crippen LogP contribution in [0.4, 0.5) is 0 Å². The van der Waals surface area contributed by atoms with Crippen LogP contribution in [0.1, 0.15) is 18.1 Å². The Kier molecular flexibility index (Phi) is 9.76. The number of ether oxygens (including phenoxy) is 2. The molecule has 0 aliphatic rings. The van der Waals surface area contributed by atoms with Crippen molar-refractivity contribution in [2.45, 2.75) is 20.0 Å². The fraction of sp³-hybridized carbons (Fsp3) is 0.316.